The fraction of sp³-hybridized carbons (Fsp3) is 0.444. The van der Waals surface area contributed by atoms with Crippen LogP contribution in [0.3, 0.4) is 0 Å². The number of hydrogen-bond donors (Lipinski definition) is 1. The molecule has 6 heteroatoms. The summed E-state index contributed by atoms with van der Waals surface area (Å²) in [4.78, 5) is 8.71. The lowest BCUT2D eigenvalue weighted by molar-refractivity contribution is 0.297. The first-order chi connectivity index (χ1) is 11.5. The van der Waals surface area contributed by atoms with E-state index >= 15 is 0 Å². The molecule has 1 aromatic carbocycles. The van der Waals surface area contributed by atoms with E-state index in [1.807, 2.05) is 32.2 Å². The Labute approximate surface area is 147 Å². The van der Waals surface area contributed by atoms with E-state index in [4.69, 9.17) is 21.1 Å². The molecule has 1 aliphatic heterocycles. The predicted octanol–water partition coefficient (Wildman–Crippen LogP) is 3.76. The molecule has 0 unspecified atom stereocenters. The van der Waals surface area contributed by atoms with Gasteiger partial charge in [0, 0.05) is 36.5 Å². The van der Waals surface area contributed by atoms with Crippen molar-refractivity contribution in [3.05, 3.63) is 46.0 Å². The SMILES string of the molecule is Cc1ncc([C@@H](C)NCc2cc(Cl)c3c(c2)OCCCO3)c(C)n1. The molecule has 0 saturated heterocycles. The molecule has 128 valence electrons. The van der Waals surface area contributed by atoms with Crippen molar-refractivity contribution in [2.24, 2.45) is 0 Å². The first kappa shape index (κ1) is 17.0. The van der Waals surface area contributed by atoms with Crippen LogP contribution >= 0.6 is 11.6 Å². The minimum atomic E-state index is 0.139. The quantitative estimate of drug-likeness (QED) is 0.912. The molecule has 0 radical (unpaired) electrons. The van der Waals surface area contributed by atoms with Crippen LogP contribution < -0.4 is 14.8 Å². The third-order valence-corrected chi connectivity index (χ3v) is 4.36. The van der Waals surface area contributed by atoms with Gasteiger partial charge in [0.05, 0.1) is 18.2 Å². The third-order valence-electron chi connectivity index (χ3n) is 4.08. The van der Waals surface area contributed by atoms with E-state index in [9.17, 15) is 0 Å². The Hall–Kier alpha value is -1.85. The number of aryl methyl sites for hydroxylation is 2. The van der Waals surface area contributed by atoms with Gasteiger partial charge in [-0.3, -0.25) is 0 Å². The van der Waals surface area contributed by atoms with Crippen molar-refractivity contribution in [2.75, 3.05) is 13.2 Å². The van der Waals surface area contributed by atoms with Gasteiger partial charge in [-0.2, -0.15) is 0 Å². The second kappa shape index (κ2) is 7.36. The monoisotopic (exact) mass is 347 g/mol. The molecular weight excluding hydrogens is 326 g/mol. The summed E-state index contributed by atoms with van der Waals surface area (Å²) in [5.74, 6) is 2.16. The van der Waals surface area contributed by atoms with E-state index in [0.717, 1.165) is 34.8 Å². The second-order valence-electron chi connectivity index (χ2n) is 6.02. The van der Waals surface area contributed by atoms with Crippen molar-refractivity contribution in [3.8, 4) is 11.5 Å². The summed E-state index contributed by atoms with van der Waals surface area (Å²) in [6, 6.07) is 4.05. The molecular formula is C18H22ClN3O2. The van der Waals surface area contributed by atoms with E-state index in [1.165, 1.54) is 0 Å². The lowest BCUT2D eigenvalue weighted by atomic mass is 10.1. The maximum atomic E-state index is 6.34. The number of rotatable bonds is 4. The molecule has 0 aliphatic carbocycles. The Balaban J connectivity index is 1.72. The van der Waals surface area contributed by atoms with Gasteiger partial charge in [-0.05, 0) is 38.5 Å². The normalized spacial score (nSPS) is 15.0. The summed E-state index contributed by atoms with van der Waals surface area (Å²) >= 11 is 6.34. The lowest BCUT2D eigenvalue weighted by Crippen LogP contribution is -2.20. The highest BCUT2D eigenvalue weighted by Crippen LogP contribution is 2.38. The van der Waals surface area contributed by atoms with Crippen molar-refractivity contribution in [3.63, 3.8) is 0 Å². The molecule has 0 amide bonds. The molecule has 1 N–H and O–H groups in total. The Morgan fingerprint density at radius 2 is 2.04 bits per heavy atom. The Kier molecular flexibility index (Phi) is 5.21. The van der Waals surface area contributed by atoms with Gasteiger partial charge in [0.2, 0.25) is 0 Å². The van der Waals surface area contributed by atoms with E-state index < -0.39 is 0 Å². The van der Waals surface area contributed by atoms with Gasteiger partial charge in [0.25, 0.3) is 0 Å². The number of fused-ring (bicyclic) bond motifs is 1. The van der Waals surface area contributed by atoms with E-state index in [1.54, 1.807) is 0 Å². The third kappa shape index (κ3) is 3.79. The minimum Gasteiger partial charge on any atom is -0.489 e. The first-order valence-electron chi connectivity index (χ1n) is 8.16. The van der Waals surface area contributed by atoms with Crippen LogP contribution in [-0.4, -0.2) is 23.2 Å². The second-order valence-corrected chi connectivity index (χ2v) is 6.42. The van der Waals surface area contributed by atoms with Crippen LogP contribution in [-0.2, 0) is 6.54 Å². The summed E-state index contributed by atoms with van der Waals surface area (Å²) in [5.41, 5.74) is 3.15. The lowest BCUT2D eigenvalue weighted by Gasteiger charge is -2.17. The number of benzene rings is 1. The van der Waals surface area contributed by atoms with E-state index in [-0.39, 0.29) is 6.04 Å². The van der Waals surface area contributed by atoms with Crippen LogP contribution in [0.25, 0.3) is 0 Å². The molecule has 5 nitrogen and oxygen atoms in total. The summed E-state index contributed by atoms with van der Waals surface area (Å²) in [6.45, 7) is 7.96. The maximum Gasteiger partial charge on any atom is 0.179 e. The predicted molar refractivity (Wildman–Crippen MR) is 93.8 cm³/mol. The zero-order chi connectivity index (χ0) is 17.1. The summed E-state index contributed by atoms with van der Waals surface area (Å²) in [5, 5.41) is 4.08. The molecule has 3 rings (SSSR count). The van der Waals surface area contributed by atoms with Gasteiger partial charge in [-0.1, -0.05) is 11.6 Å². The zero-order valence-corrected chi connectivity index (χ0v) is 15.0. The average Bonchev–Trinajstić information content (AvgIpc) is 2.78. The van der Waals surface area contributed by atoms with Crippen molar-refractivity contribution in [1.29, 1.82) is 0 Å². The van der Waals surface area contributed by atoms with Crippen molar-refractivity contribution >= 4 is 11.6 Å². The Morgan fingerprint density at radius 3 is 2.83 bits per heavy atom. The van der Waals surface area contributed by atoms with Crippen molar-refractivity contribution in [2.45, 2.75) is 39.8 Å². The number of halogens is 1. The van der Waals surface area contributed by atoms with Gasteiger partial charge in [0.1, 0.15) is 5.82 Å². The molecule has 0 spiro atoms. The molecule has 0 fully saturated rings. The van der Waals surface area contributed by atoms with E-state index in [0.29, 0.717) is 30.5 Å². The van der Waals surface area contributed by atoms with Crippen LogP contribution in [0.4, 0.5) is 0 Å². The van der Waals surface area contributed by atoms with Crippen LogP contribution in [0.2, 0.25) is 5.02 Å². The topological polar surface area (TPSA) is 56.3 Å². The van der Waals surface area contributed by atoms with E-state index in [2.05, 4.69) is 22.2 Å². The fourth-order valence-electron chi connectivity index (χ4n) is 2.78. The first-order valence-corrected chi connectivity index (χ1v) is 8.54. The summed E-state index contributed by atoms with van der Waals surface area (Å²) < 4.78 is 11.4. The van der Waals surface area contributed by atoms with Gasteiger partial charge in [-0.25, -0.2) is 9.97 Å². The fourth-order valence-corrected chi connectivity index (χ4v) is 3.07. The molecule has 0 saturated carbocycles. The van der Waals surface area contributed by atoms with Gasteiger partial charge in [-0.15, -0.1) is 0 Å². The molecule has 24 heavy (non-hydrogen) atoms. The highest BCUT2D eigenvalue weighted by atomic mass is 35.5. The van der Waals surface area contributed by atoms with Crippen LogP contribution in [0.1, 0.15) is 42.0 Å². The standard InChI is InChI=1S/C18H22ClN3O2/c1-11(15-10-21-13(3)22-12(15)2)20-9-14-7-16(19)18-17(8-14)23-5-4-6-24-18/h7-8,10-11,20H,4-6,9H2,1-3H3/t11-/m1/s1. The van der Waals surface area contributed by atoms with Gasteiger partial charge >= 0.3 is 0 Å². The number of nitrogens with one attached hydrogen (secondary N) is 1. The number of ether oxygens (including phenoxy) is 2. The van der Waals surface area contributed by atoms with Gasteiger partial charge in [0.15, 0.2) is 11.5 Å². The Morgan fingerprint density at radius 1 is 1.25 bits per heavy atom. The average molecular weight is 348 g/mol. The largest absolute Gasteiger partial charge is 0.489 e. The number of nitrogens with zero attached hydrogens (tertiary/aromatic N) is 2. The van der Waals surface area contributed by atoms with Crippen molar-refractivity contribution in [1.82, 2.24) is 15.3 Å². The Bertz CT molecular complexity index is 736. The molecule has 2 heterocycles. The summed E-state index contributed by atoms with van der Waals surface area (Å²) in [6.07, 6.45) is 2.75. The van der Waals surface area contributed by atoms with Crippen LogP contribution in [0, 0.1) is 13.8 Å². The maximum absolute atomic E-state index is 6.34. The zero-order valence-electron chi connectivity index (χ0n) is 14.2. The minimum absolute atomic E-state index is 0.139. The number of hydrogen-bond acceptors (Lipinski definition) is 5. The molecule has 2 aromatic rings. The van der Waals surface area contributed by atoms with Crippen LogP contribution in [0.5, 0.6) is 11.5 Å². The van der Waals surface area contributed by atoms with Gasteiger partial charge < -0.3 is 14.8 Å². The smallest absolute Gasteiger partial charge is 0.179 e. The highest BCUT2D eigenvalue weighted by Gasteiger charge is 2.16. The van der Waals surface area contributed by atoms with Crippen LogP contribution in [0.15, 0.2) is 18.3 Å². The highest BCUT2D eigenvalue weighted by molar-refractivity contribution is 6.32. The molecule has 1 aromatic heterocycles. The molecule has 0 bridgehead atoms. The number of aromatic nitrogens is 2. The molecule has 1 atom stereocenters. The molecule has 1 aliphatic rings. The summed E-state index contributed by atoms with van der Waals surface area (Å²) in [7, 11) is 0. The van der Waals surface area contributed by atoms with Crippen molar-refractivity contribution < 1.29 is 9.47 Å².